The van der Waals surface area contributed by atoms with E-state index in [1.165, 1.54) is 85.7 Å². The van der Waals surface area contributed by atoms with Gasteiger partial charge in [0, 0.05) is 12.2 Å². The van der Waals surface area contributed by atoms with Crippen LogP contribution in [0.25, 0.3) is 6.08 Å². The lowest BCUT2D eigenvalue weighted by Crippen LogP contribution is -2.19. The number of nitrogens with zero attached hydrogens (tertiary/aromatic N) is 1. The van der Waals surface area contributed by atoms with Crippen molar-refractivity contribution in [3.8, 4) is 0 Å². The smallest absolute Gasteiger partial charge is 0.0355 e. The molecule has 2 nitrogen and oxygen atoms in total. The van der Waals surface area contributed by atoms with Gasteiger partial charge in [-0.05, 0) is 116 Å². The average Bonchev–Trinajstić information content (AvgIpc) is 2.95. The standard InChI is InChI=1S/C17H19N.C17H27N.C6H14/c1-4-14-7-8-16(17(18)11-14)10-15-6-5-12(2)13(3)9-15;1-4-11-18(3)13-17-10-9-16(12-14(17)5-2)15-7-6-8-15;1-3-5-6-4-2/h4-9,11H,1,10,18H2,2-3H3;9-10,12,15H,4-8,11,13H2,1-3H3;3-6H2,1-2H3. The fraction of sp³-hybridized carbons (Fsp3) is 0.500. The van der Waals surface area contributed by atoms with Gasteiger partial charge in [0.1, 0.15) is 0 Å². The third-order valence-electron chi connectivity index (χ3n) is 8.56. The minimum absolute atomic E-state index is 0.839. The summed E-state index contributed by atoms with van der Waals surface area (Å²) in [5.74, 6) is 0.859. The molecule has 0 bridgehead atoms. The Labute approximate surface area is 259 Å². The van der Waals surface area contributed by atoms with Crippen LogP contribution in [0.5, 0.6) is 0 Å². The molecule has 230 valence electrons. The first-order valence-corrected chi connectivity index (χ1v) is 16.6. The van der Waals surface area contributed by atoms with Gasteiger partial charge in [0.05, 0.1) is 0 Å². The van der Waals surface area contributed by atoms with Crippen LogP contribution in [0.1, 0.15) is 129 Å². The summed E-state index contributed by atoms with van der Waals surface area (Å²) in [6.45, 7) is 19.3. The van der Waals surface area contributed by atoms with Crippen molar-refractivity contribution in [3.63, 3.8) is 0 Å². The first-order valence-electron chi connectivity index (χ1n) is 16.6. The average molecular weight is 569 g/mol. The van der Waals surface area contributed by atoms with Crippen LogP contribution in [0.2, 0.25) is 0 Å². The molecule has 0 spiro atoms. The Bertz CT molecular complexity index is 1200. The molecule has 0 atom stereocenters. The lowest BCUT2D eigenvalue weighted by atomic mass is 9.79. The number of hydrogen-bond acceptors (Lipinski definition) is 2. The van der Waals surface area contributed by atoms with Crippen LogP contribution in [0.15, 0.2) is 61.2 Å². The Hall–Kier alpha value is -2.84. The van der Waals surface area contributed by atoms with Crippen molar-refractivity contribution < 1.29 is 0 Å². The second-order valence-electron chi connectivity index (χ2n) is 12.2. The maximum atomic E-state index is 6.06. The van der Waals surface area contributed by atoms with Gasteiger partial charge < -0.3 is 10.6 Å². The van der Waals surface area contributed by atoms with E-state index in [2.05, 4.69) is 109 Å². The van der Waals surface area contributed by atoms with Gasteiger partial charge in [-0.1, -0.05) is 121 Å². The van der Waals surface area contributed by atoms with Crippen molar-refractivity contribution in [1.82, 2.24) is 4.90 Å². The molecule has 4 rings (SSSR count). The van der Waals surface area contributed by atoms with Crippen LogP contribution >= 0.6 is 0 Å². The predicted molar refractivity (Wildman–Crippen MR) is 189 cm³/mol. The quantitative estimate of drug-likeness (QED) is 0.174. The highest BCUT2D eigenvalue weighted by Crippen LogP contribution is 2.37. The maximum absolute atomic E-state index is 6.06. The van der Waals surface area contributed by atoms with Crippen molar-refractivity contribution >= 4 is 11.8 Å². The molecular formula is C40H60N2. The number of anilines is 1. The van der Waals surface area contributed by atoms with E-state index in [1.54, 1.807) is 11.1 Å². The number of benzene rings is 3. The van der Waals surface area contributed by atoms with E-state index in [0.717, 1.165) is 36.6 Å². The Morgan fingerprint density at radius 2 is 1.50 bits per heavy atom. The fourth-order valence-corrected chi connectivity index (χ4v) is 5.41. The van der Waals surface area contributed by atoms with Gasteiger partial charge in [0.2, 0.25) is 0 Å². The van der Waals surface area contributed by atoms with Crippen molar-refractivity contribution in [1.29, 1.82) is 0 Å². The number of nitrogen functional groups attached to an aromatic ring is 1. The van der Waals surface area contributed by atoms with Crippen LogP contribution in [0.3, 0.4) is 0 Å². The summed E-state index contributed by atoms with van der Waals surface area (Å²) >= 11 is 0. The number of rotatable bonds is 12. The third-order valence-corrected chi connectivity index (χ3v) is 8.56. The van der Waals surface area contributed by atoms with Crippen LogP contribution in [0, 0.1) is 13.8 Å². The number of hydrogen-bond donors (Lipinski definition) is 1. The van der Waals surface area contributed by atoms with E-state index < -0.39 is 0 Å². The third kappa shape index (κ3) is 11.8. The van der Waals surface area contributed by atoms with Gasteiger partial charge in [-0.2, -0.15) is 0 Å². The zero-order valence-electron chi connectivity index (χ0n) is 28.1. The molecule has 0 saturated heterocycles. The summed E-state index contributed by atoms with van der Waals surface area (Å²) in [6, 6.07) is 19.9. The molecule has 0 amide bonds. The molecule has 0 heterocycles. The first-order chi connectivity index (χ1) is 20.3. The van der Waals surface area contributed by atoms with Gasteiger partial charge in [-0.3, -0.25) is 0 Å². The maximum Gasteiger partial charge on any atom is 0.0355 e. The molecule has 1 saturated carbocycles. The number of aryl methyl sites for hydroxylation is 3. The molecule has 0 aliphatic heterocycles. The topological polar surface area (TPSA) is 29.3 Å². The van der Waals surface area contributed by atoms with Crippen LogP contribution < -0.4 is 5.73 Å². The summed E-state index contributed by atoms with van der Waals surface area (Å²) in [6.07, 6.45) is 14.9. The monoisotopic (exact) mass is 568 g/mol. The largest absolute Gasteiger partial charge is 0.398 e. The van der Waals surface area contributed by atoms with E-state index in [4.69, 9.17) is 5.73 Å². The van der Waals surface area contributed by atoms with Gasteiger partial charge in [-0.25, -0.2) is 0 Å². The molecule has 3 aromatic carbocycles. The second-order valence-corrected chi connectivity index (χ2v) is 12.2. The molecule has 3 aromatic rings. The SMILES string of the molecule is C=Cc1ccc(Cc2ccc(C)c(C)c2)c(N)c1.CCCCCC.CCCN(C)Cc1ccc(C2CCC2)cc1CC. The second kappa shape index (κ2) is 19.4. The van der Waals surface area contributed by atoms with E-state index in [-0.39, 0.29) is 0 Å². The molecule has 2 heteroatoms. The van der Waals surface area contributed by atoms with Crippen LogP contribution in [-0.4, -0.2) is 18.5 Å². The summed E-state index contributed by atoms with van der Waals surface area (Å²) in [4.78, 5) is 2.43. The molecule has 0 aromatic heterocycles. The molecule has 1 fully saturated rings. The summed E-state index contributed by atoms with van der Waals surface area (Å²) in [7, 11) is 2.22. The Morgan fingerprint density at radius 3 is 2.02 bits per heavy atom. The van der Waals surface area contributed by atoms with Gasteiger partial charge in [-0.15, -0.1) is 0 Å². The van der Waals surface area contributed by atoms with E-state index in [0.29, 0.717) is 0 Å². The minimum Gasteiger partial charge on any atom is -0.398 e. The first kappa shape index (κ1) is 35.4. The van der Waals surface area contributed by atoms with Gasteiger partial charge >= 0.3 is 0 Å². The number of unbranched alkanes of at least 4 members (excludes halogenated alkanes) is 3. The van der Waals surface area contributed by atoms with Gasteiger partial charge in [0.25, 0.3) is 0 Å². The Morgan fingerprint density at radius 1 is 0.810 bits per heavy atom. The zero-order chi connectivity index (χ0) is 30.9. The van der Waals surface area contributed by atoms with Crippen LogP contribution in [0.4, 0.5) is 5.69 Å². The van der Waals surface area contributed by atoms with Crippen molar-refractivity contribution in [2.24, 2.45) is 0 Å². The summed E-state index contributed by atoms with van der Waals surface area (Å²) in [5.41, 5.74) is 17.8. The Balaban J connectivity index is 0.000000247. The highest BCUT2D eigenvalue weighted by molar-refractivity contribution is 5.59. The molecule has 1 aliphatic carbocycles. The summed E-state index contributed by atoms with van der Waals surface area (Å²) in [5, 5.41) is 0. The molecule has 0 radical (unpaired) electrons. The van der Waals surface area contributed by atoms with E-state index in [9.17, 15) is 0 Å². The molecule has 0 unspecified atom stereocenters. The van der Waals surface area contributed by atoms with Crippen molar-refractivity contribution in [2.75, 3.05) is 19.3 Å². The van der Waals surface area contributed by atoms with E-state index in [1.807, 2.05) is 12.1 Å². The predicted octanol–water partition coefficient (Wildman–Crippen LogP) is 11.1. The van der Waals surface area contributed by atoms with Crippen molar-refractivity contribution in [2.45, 2.75) is 118 Å². The van der Waals surface area contributed by atoms with Crippen LogP contribution in [-0.2, 0) is 19.4 Å². The normalized spacial score (nSPS) is 12.6. The highest BCUT2D eigenvalue weighted by Gasteiger charge is 2.20. The van der Waals surface area contributed by atoms with Gasteiger partial charge in [0.15, 0.2) is 0 Å². The summed E-state index contributed by atoms with van der Waals surface area (Å²) < 4.78 is 0. The molecular weight excluding hydrogens is 508 g/mol. The molecule has 2 N–H and O–H groups in total. The highest BCUT2D eigenvalue weighted by atomic mass is 15.1. The lowest BCUT2D eigenvalue weighted by molar-refractivity contribution is 0.326. The van der Waals surface area contributed by atoms with E-state index >= 15 is 0 Å². The van der Waals surface area contributed by atoms with Crippen molar-refractivity contribution in [3.05, 3.63) is 106 Å². The minimum atomic E-state index is 0.839. The zero-order valence-corrected chi connectivity index (χ0v) is 28.1. The molecule has 1 aliphatic rings. The Kier molecular flexibility index (Phi) is 16.3. The molecule has 42 heavy (non-hydrogen) atoms. The number of nitrogens with two attached hydrogens (primary N) is 1. The fourth-order valence-electron chi connectivity index (χ4n) is 5.41. The lowest BCUT2D eigenvalue weighted by Gasteiger charge is -2.27.